The molecule has 0 radical (unpaired) electrons. The van der Waals surface area contributed by atoms with Crippen LogP contribution in [0.15, 0.2) is 175 Å². The zero-order chi connectivity index (χ0) is 36.3. The van der Waals surface area contributed by atoms with E-state index in [-0.39, 0.29) is 0 Å². The predicted molar refractivity (Wildman–Crippen MR) is 231 cm³/mol. The van der Waals surface area contributed by atoms with E-state index in [0.717, 1.165) is 52.7 Å². The van der Waals surface area contributed by atoms with Gasteiger partial charge in [-0.25, -0.2) is 0 Å². The average Bonchev–Trinajstić information content (AvgIpc) is 3.73. The molecule has 4 nitrogen and oxygen atoms in total. The van der Waals surface area contributed by atoms with Crippen LogP contribution in [0.1, 0.15) is 35.2 Å². The molecule has 4 heteroatoms. The largest absolute Gasteiger partial charge is 0.309 e. The van der Waals surface area contributed by atoms with E-state index in [2.05, 4.69) is 184 Å². The molecule has 0 N–H and O–H groups in total. The van der Waals surface area contributed by atoms with E-state index in [0.29, 0.717) is 0 Å². The molecule has 260 valence electrons. The number of allylic oxidation sites excluding steroid dienone is 8. The highest BCUT2D eigenvalue weighted by molar-refractivity contribution is 6.13. The Labute approximate surface area is 319 Å². The van der Waals surface area contributed by atoms with E-state index in [1.807, 2.05) is 12.4 Å². The fourth-order valence-electron chi connectivity index (χ4n) is 8.70. The molecule has 2 aliphatic carbocycles. The van der Waals surface area contributed by atoms with Crippen molar-refractivity contribution in [3.05, 3.63) is 193 Å². The van der Waals surface area contributed by atoms with Crippen molar-refractivity contribution in [1.29, 1.82) is 0 Å². The van der Waals surface area contributed by atoms with Crippen molar-refractivity contribution >= 4 is 62.0 Å². The third-order valence-electron chi connectivity index (χ3n) is 11.2. The van der Waals surface area contributed by atoms with Crippen LogP contribution < -0.4 is 0 Å². The summed E-state index contributed by atoms with van der Waals surface area (Å²) in [5, 5.41) is 3.58. The fourth-order valence-corrected chi connectivity index (χ4v) is 8.70. The first-order chi connectivity index (χ1) is 27.3. The van der Waals surface area contributed by atoms with Crippen LogP contribution in [-0.2, 0) is 6.42 Å². The minimum Gasteiger partial charge on any atom is -0.309 e. The predicted octanol–water partition coefficient (Wildman–Crippen LogP) is 12.9. The first kappa shape index (κ1) is 31.5. The highest BCUT2D eigenvalue weighted by Crippen LogP contribution is 2.45. The third kappa shape index (κ3) is 5.21. The van der Waals surface area contributed by atoms with Gasteiger partial charge in [-0.3, -0.25) is 9.98 Å². The number of aromatic nitrogens is 3. The summed E-state index contributed by atoms with van der Waals surface area (Å²) in [7, 11) is 0. The van der Waals surface area contributed by atoms with Crippen LogP contribution in [0, 0.1) is 0 Å². The van der Waals surface area contributed by atoms with E-state index >= 15 is 0 Å². The lowest BCUT2D eigenvalue weighted by molar-refractivity contribution is 1.10. The summed E-state index contributed by atoms with van der Waals surface area (Å²) < 4.78 is 4.77. The molecule has 0 amide bonds. The Balaban J connectivity index is 1.12. The van der Waals surface area contributed by atoms with Gasteiger partial charge in [-0.1, -0.05) is 103 Å². The molecule has 0 atom stereocenters. The number of rotatable bonds is 5. The van der Waals surface area contributed by atoms with Crippen LogP contribution in [0.2, 0.25) is 0 Å². The van der Waals surface area contributed by atoms with Crippen molar-refractivity contribution in [2.45, 2.75) is 19.3 Å². The van der Waals surface area contributed by atoms with E-state index in [4.69, 9.17) is 4.99 Å². The molecule has 0 saturated heterocycles. The van der Waals surface area contributed by atoms with E-state index < -0.39 is 0 Å². The Hall–Kier alpha value is -7.04. The minimum atomic E-state index is 0.787. The quantitative estimate of drug-likeness (QED) is 0.176. The minimum absolute atomic E-state index is 0.787. The van der Waals surface area contributed by atoms with Crippen molar-refractivity contribution < 1.29 is 0 Å². The van der Waals surface area contributed by atoms with Gasteiger partial charge in [-0.15, -0.1) is 0 Å². The van der Waals surface area contributed by atoms with Crippen LogP contribution in [0.25, 0.3) is 78.5 Å². The summed E-state index contributed by atoms with van der Waals surface area (Å²) in [6, 6.07) is 42.1. The number of hydrogen-bond donors (Lipinski definition) is 0. The van der Waals surface area contributed by atoms with E-state index in [1.165, 1.54) is 66.7 Å². The number of benzene rings is 5. The van der Waals surface area contributed by atoms with Gasteiger partial charge in [-0.05, 0) is 107 Å². The molecule has 3 aromatic heterocycles. The number of aliphatic imine (C=N–C) groups is 1. The Morgan fingerprint density at radius 1 is 0.545 bits per heavy atom. The van der Waals surface area contributed by atoms with Gasteiger partial charge in [0.05, 0.1) is 33.6 Å². The lowest BCUT2D eigenvalue weighted by Gasteiger charge is -2.13. The molecule has 0 unspecified atom stereocenters. The Morgan fingerprint density at radius 2 is 1.33 bits per heavy atom. The molecule has 8 aromatic rings. The lowest BCUT2D eigenvalue weighted by atomic mass is 9.92. The number of hydrogen-bond acceptors (Lipinski definition) is 2. The third-order valence-corrected chi connectivity index (χ3v) is 11.2. The SMILES string of the molecule is C1=CCC=C(n2c3ccncc3c3cc(-c4cc(-c5ccc6c(c5)c5c(n6-c6ccccc6)C=CCC=C5)cc5c4N=C(c4ccccc4)C5)ccc32)C=C1. The van der Waals surface area contributed by atoms with Gasteiger partial charge in [-0.2, -0.15) is 0 Å². The van der Waals surface area contributed by atoms with E-state index in [1.54, 1.807) is 0 Å². The smallest absolute Gasteiger partial charge is 0.0748 e. The topological polar surface area (TPSA) is 35.1 Å². The van der Waals surface area contributed by atoms with Crippen LogP contribution in [0.4, 0.5) is 5.69 Å². The van der Waals surface area contributed by atoms with E-state index in [9.17, 15) is 0 Å². The highest BCUT2D eigenvalue weighted by Gasteiger charge is 2.24. The van der Waals surface area contributed by atoms with Crippen molar-refractivity contribution in [1.82, 2.24) is 14.1 Å². The Bertz CT molecular complexity index is 3030. The molecule has 5 aromatic carbocycles. The lowest BCUT2D eigenvalue weighted by Crippen LogP contribution is -1.99. The number of nitrogens with zero attached hydrogens (tertiary/aromatic N) is 4. The zero-order valence-corrected chi connectivity index (χ0v) is 30.2. The molecular formula is C51H36N4. The second kappa shape index (κ2) is 12.8. The molecule has 0 spiro atoms. The van der Waals surface area contributed by atoms with Crippen molar-refractivity contribution in [2.24, 2.45) is 4.99 Å². The Kier molecular flexibility index (Phi) is 7.34. The highest BCUT2D eigenvalue weighted by atomic mass is 15.0. The number of fused-ring (bicyclic) bond motifs is 7. The molecule has 4 heterocycles. The van der Waals surface area contributed by atoms with Gasteiger partial charge < -0.3 is 9.13 Å². The fraction of sp³-hybridized carbons (Fsp3) is 0.0588. The molecule has 0 bridgehead atoms. The molecule has 1 aliphatic heterocycles. The van der Waals surface area contributed by atoms with Gasteiger partial charge in [0.25, 0.3) is 0 Å². The summed E-state index contributed by atoms with van der Waals surface area (Å²) in [5.41, 5.74) is 17.6. The van der Waals surface area contributed by atoms with Crippen LogP contribution >= 0.6 is 0 Å². The maximum Gasteiger partial charge on any atom is 0.0748 e. The molecular weight excluding hydrogens is 669 g/mol. The first-order valence-electron chi connectivity index (χ1n) is 19.1. The molecule has 0 saturated carbocycles. The second-order valence-corrected chi connectivity index (χ2v) is 14.5. The first-order valence-corrected chi connectivity index (χ1v) is 19.1. The number of para-hydroxylation sites is 1. The van der Waals surface area contributed by atoms with Crippen molar-refractivity contribution in [3.63, 3.8) is 0 Å². The van der Waals surface area contributed by atoms with Crippen molar-refractivity contribution in [3.8, 4) is 27.9 Å². The van der Waals surface area contributed by atoms with Gasteiger partial charge in [0.15, 0.2) is 0 Å². The second-order valence-electron chi connectivity index (χ2n) is 14.5. The van der Waals surface area contributed by atoms with Crippen LogP contribution in [-0.4, -0.2) is 19.8 Å². The van der Waals surface area contributed by atoms with Crippen LogP contribution in [0.3, 0.4) is 0 Å². The standard InChI is InChI=1S/C51H36N4/c1-2-9-17-40(16-8-1)55-49-25-23-36(30-44(49)45-33-52-27-26-50(45)55)42-31-37(28-38-32-46(53-51(38)42)34-14-6-3-7-15-34)35-22-24-48-43(29-35)41-20-12-5-13-21-47(41)54(48)39-18-10-4-11-19-39/h1-4,6-8,10-31,33H,5,9,32H2. The number of pyridine rings is 1. The van der Waals surface area contributed by atoms with Gasteiger partial charge in [0.2, 0.25) is 0 Å². The summed E-state index contributed by atoms with van der Waals surface area (Å²) in [6.07, 6.45) is 26.5. The normalized spacial score (nSPS) is 14.6. The molecule has 55 heavy (non-hydrogen) atoms. The Morgan fingerprint density at radius 3 is 2.22 bits per heavy atom. The summed E-state index contributed by atoms with van der Waals surface area (Å²) in [5.74, 6) is 0. The van der Waals surface area contributed by atoms with Gasteiger partial charge in [0.1, 0.15) is 0 Å². The zero-order valence-electron chi connectivity index (χ0n) is 30.2. The van der Waals surface area contributed by atoms with Crippen molar-refractivity contribution in [2.75, 3.05) is 0 Å². The summed E-state index contributed by atoms with van der Waals surface area (Å²) in [6.45, 7) is 0. The molecule has 11 rings (SSSR count). The average molecular weight is 705 g/mol. The van der Waals surface area contributed by atoms with Gasteiger partial charge in [0, 0.05) is 57.5 Å². The maximum atomic E-state index is 5.37. The summed E-state index contributed by atoms with van der Waals surface area (Å²) >= 11 is 0. The summed E-state index contributed by atoms with van der Waals surface area (Å²) in [4.78, 5) is 9.96. The van der Waals surface area contributed by atoms with Gasteiger partial charge >= 0.3 is 0 Å². The molecule has 3 aliphatic rings. The monoisotopic (exact) mass is 704 g/mol. The maximum absolute atomic E-state index is 5.37. The van der Waals surface area contributed by atoms with Crippen LogP contribution in [0.5, 0.6) is 0 Å². The molecule has 0 fully saturated rings.